The molecular weight excluding hydrogens is 552 g/mol. The van der Waals surface area contributed by atoms with Gasteiger partial charge in [-0.15, -0.1) is 0 Å². The fourth-order valence-corrected chi connectivity index (χ4v) is 5.68. The van der Waals surface area contributed by atoms with Gasteiger partial charge in [-0.25, -0.2) is 0 Å². The highest BCUT2D eigenvalue weighted by Gasteiger charge is 2.44. The van der Waals surface area contributed by atoms with Crippen LogP contribution in [0, 0.1) is 11.8 Å². The van der Waals surface area contributed by atoms with Gasteiger partial charge in [-0.2, -0.15) is 0 Å². The molecule has 0 aliphatic heterocycles. The van der Waals surface area contributed by atoms with E-state index in [1.54, 1.807) is 24.3 Å². The Kier molecular flexibility index (Phi) is 10.6. The summed E-state index contributed by atoms with van der Waals surface area (Å²) >= 11 is 0. The predicted molar refractivity (Wildman–Crippen MR) is 147 cm³/mol. The van der Waals surface area contributed by atoms with Crippen LogP contribution in [0.5, 0.6) is 23.0 Å². The van der Waals surface area contributed by atoms with E-state index >= 15 is 0 Å². The molecule has 0 radical (unpaired) electrons. The van der Waals surface area contributed by atoms with Gasteiger partial charge in [0.05, 0.1) is 56.9 Å². The molecule has 0 bridgehead atoms. The molecule has 0 saturated carbocycles. The molecule has 1 aliphatic carbocycles. The summed E-state index contributed by atoms with van der Waals surface area (Å²) in [5.41, 5.74) is 2.46. The number of methoxy groups -OCH3 is 8. The second kappa shape index (κ2) is 13.9. The molecule has 0 aromatic heterocycles. The van der Waals surface area contributed by atoms with Crippen molar-refractivity contribution in [3.8, 4) is 23.0 Å². The molecule has 228 valence electrons. The average molecular weight is 589 g/mol. The molecule has 1 aliphatic rings. The third-order valence-electron chi connectivity index (χ3n) is 7.57. The van der Waals surface area contributed by atoms with Crippen LogP contribution in [0.3, 0.4) is 0 Å². The van der Waals surface area contributed by atoms with Gasteiger partial charge in [0.25, 0.3) is 0 Å². The topological polar surface area (TPSA) is 142 Å². The van der Waals surface area contributed by atoms with Gasteiger partial charge in [0.1, 0.15) is 0 Å². The first-order valence-corrected chi connectivity index (χ1v) is 13.0. The molecule has 42 heavy (non-hydrogen) atoms. The van der Waals surface area contributed by atoms with Crippen molar-refractivity contribution in [2.24, 2.45) is 11.8 Å². The molecule has 0 spiro atoms. The molecule has 0 fully saturated rings. The summed E-state index contributed by atoms with van der Waals surface area (Å²) in [5, 5.41) is 0. The molecule has 2 atom stereocenters. The zero-order valence-corrected chi connectivity index (χ0v) is 24.9. The third-order valence-corrected chi connectivity index (χ3v) is 7.57. The van der Waals surface area contributed by atoms with Crippen LogP contribution in [0.4, 0.5) is 0 Å². The minimum Gasteiger partial charge on any atom is -0.493 e. The summed E-state index contributed by atoms with van der Waals surface area (Å²) in [7, 11) is 10.7. The number of rotatable bonds is 12. The van der Waals surface area contributed by atoms with Crippen LogP contribution in [0.1, 0.15) is 46.9 Å². The SMILES string of the molecule is COC(=O)C(C[C@@H]1c2ccc(OC)c(OC)c2[C@@H](CC(C(=O)OC)C(=O)OC)c2ccc(OC)c(OC)c21)C(=O)OC. The normalized spacial score (nSPS) is 15.2. The Labute approximate surface area is 244 Å². The molecule has 3 rings (SSSR count). The van der Waals surface area contributed by atoms with E-state index in [-0.39, 0.29) is 12.8 Å². The lowest BCUT2D eigenvalue weighted by molar-refractivity contribution is -0.161. The van der Waals surface area contributed by atoms with Gasteiger partial charge >= 0.3 is 23.9 Å². The molecule has 12 nitrogen and oxygen atoms in total. The summed E-state index contributed by atoms with van der Waals surface area (Å²) in [4.78, 5) is 51.2. The average Bonchev–Trinajstić information content (AvgIpc) is 3.03. The van der Waals surface area contributed by atoms with Crippen LogP contribution in [-0.2, 0) is 38.1 Å². The lowest BCUT2D eigenvalue weighted by atomic mass is 9.67. The quantitative estimate of drug-likeness (QED) is 0.204. The van der Waals surface area contributed by atoms with Gasteiger partial charge in [-0.1, -0.05) is 12.1 Å². The molecule has 0 amide bonds. The Hall–Kier alpha value is -4.48. The Balaban J connectivity index is 2.44. The molecule has 2 aromatic carbocycles. The van der Waals surface area contributed by atoms with Crippen molar-refractivity contribution in [3.63, 3.8) is 0 Å². The van der Waals surface area contributed by atoms with Crippen molar-refractivity contribution in [2.45, 2.75) is 24.7 Å². The zero-order valence-electron chi connectivity index (χ0n) is 24.9. The zero-order chi connectivity index (χ0) is 31.1. The van der Waals surface area contributed by atoms with E-state index in [4.69, 9.17) is 37.9 Å². The Morgan fingerprint density at radius 2 is 0.833 bits per heavy atom. The lowest BCUT2D eigenvalue weighted by Gasteiger charge is -2.38. The molecule has 0 heterocycles. The summed E-state index contributed by atoms with van der Waals surface area (Å²) in [5.74, 6) is -5.48. The molecular formula is C30H36O12. The fourth-order valence-electron chi connectivity index (χ4n) is 5.68. The van der Waals surface area contributed by atoms with E-state index in [2.05, 4.69) is 0 Å². The van der Waals surface area contributed by atoms with Crippen LogP contribution < -0.4 is 18.9 Å². The number of ether oxygens (including phenoxy) is 8. The van der Waals surface area contributed by atoms with Gasteiger partial charge in [-0.3, -0.25) is 19.2 Å². The summed E-state index contributed by atoms with van der Waals surface area (Å²) in [6, 6.07) is 6.96. The Bertz CT molecular complexity index is 1200. The highest BCUT2D eigenvalue weighted by atomic mass is 16.6. The van der Waals surface area contributed by atoms with E-state index in [0.29, 0.717) is 45.3 Å². The number of carbonyl (C=O) groups is 4. The van der Waals surface area contributed by atoms with Crippen molar-refractivity contribution in [3.05, 3.63) is 46.5 Å². The van der Waals surface area contributed by atoms with Crippen LogP contribution in [0.15, 0.2) is 24.3 Å². The molecule has 0 unspecified atom stereocenters. The molecule has 0 saturated heterocycles. The highest BCUT2D eigenvalue weighted by molar-refractivity contribution is 5.96. The molecule has 2 aromatic rings. The van der Waals surface area contributed by atoms with E-state index in [1.807, 2.05) is 0 Å². The molecule has 0 N–H and O–H groups in total. The van der Waals surface area contributed by atoms with Crippen LogP contribution in [0.2, 0.25) is 0 Å². The fraction of sp³-hybridized carbons (Fsp3) is 0.467. The maximum atomic E-state index is 12.8. The van der Waals surface area contributed by atoms with Gasteiger partial charge in [0, 0.05) is 23.0 Å². The lowest BCUT2D eigenvalue weighted by Crippen LogP contribution is -2.33. The number of fused-ring (bicyclic) bond motifs is 2. The minimum atomic E-state index is -1.29. The standard InChI is InChI=1S/C30H36O12/c1-35-21-11-9-15-18(14-20(29(33)41-7)30(34)42-8)24-16(10-12-22(36-2)26(24)38-4)17(23(15)25(21)37-3)13-19(27(31)39-5)28(32)40-6/h9-12,17-20H,13-14H2,1-8H3/t17-,18+. The van der Waals surface area contributed by atoms with E-state index in [0.717, 1.165) is 0 Å². The Morgan fingerprint density at radius 1 is 0.524 bits per heavy atom. The monoisotopic (exact) mass is 588 g/mol. The third kappa shape index (κ3) is 5.79. The van der Waals surface area contributed by atoms with E-state index < -0.39 is 47.5 Å². The number of hydrogen-bond acceptors (Lipinski definition) is 12. The second-order valence-electron chi connectivity index (χ2n) is 9.38. The van der Waals surface area contributed by atoms with Crippen LogP contribution >= 0.6 is 0 Å². The summed E-state index contributed by atoms with van der Waals surface area (Å²) < 4.78 is 42.6. The maximum Gasteiger partial charge on any atom is 0.320 e. The van der Waals surface area contributed by atoms with Crippen molar-refractivity contribution >= 4 is 23.9 Å². The smallest absolute Gasteiger partial charge is 0.320 e. The van der Waals surface area contributed by atoms with Gasteiger partial charge in [0.2, 0.25) is 0 Å². The van der Waals surface area contributed by atoms with Crippen molar-refractivity contribution in [2.75, 3.05) is 56.9 Å². The van der Waals surface area contributed by atoms with E-state index in [9.17, 15) is 19.2 Å². The van der Waals surface area contributed by atoms with Crippen molar-refractivity contribution in [1.29, 1.82) is 0 Å². The first kappa shape index (κ1) is 32.0. The number of benzene rings is 2. The molecule has 12 heteroatoms. The number of hydrogen-bond donors (Lipinski definition) is 0. The van der Waals surface area contributed by atoms with Crippen LogP contribution in [-0.4, -0.2) is 80.8 Å². The largest absolute Gasteiger partial charge is 0.493 e. The predicted octanol–water partition coefficient (Wildman–Crippen LogP) is 3.00. The van der Waals surface area contributed by atoms with Crippen LogP contribution in [0.25, 0.3) is 0 Å². The number of esters is 4. The van der Waals surface area contributed by atoms with Gasteiger partial charge in [-0.05, 0) is 36.1 Å². The first-order chi connectivity index (χ1) is 20.2. The second-order valence-corrected chi connectivity index (χ2v) is 9.38. The van der Waals surface area contributed by atoms with Crippen molar-refractivity contribution < 1.29 is 57.1 Å². The number of carbonyl (C=O) groups excluding carboxylic acids is 4. The first-order valence-electron chi connectivity index (χ1n) is 13.0. The summed E-state index contributed by atoms with van der Waals surface area (Å²) in [6.07, 6.45) is -0.134. The Morgan fingerprint density at radius 3 is 1.07 bits per heavy atom. The van der Waals surface area contributed by atoms with Crippen molar-refractivity contribution in [1.82, 2.24) is 0 Å². The highest BCUT2D eigenvalue weighted by Crippen LogP contribution is 2.57. The van der Waals surface area contributed by atoms with E-state index in [1.165, 1.54) is 56.9 Å². The van der Waals surface area contributed by atoms with Gasteiger partial charge in [0.15, 0.2) is 34.8 Å². The van der Waals surface area contributed by atoms with Gasteiger partial charge < -0.3 is 37.9 Å². The maximum absolute atomic E-state index is 12.8. The summed E-state index contributed by atoms with van der Waals surface area (Å²) in [6.45, 7) is 0. The minimum absolute atomic E-state index is 0.0670.